The average molecular weight is 1840 g/mol. The van der Waals surface area contributed by atoms with Gasteiger partial charge in [0.1, 0.15) is 48.3 Å². The minimum atomic E-state index is -1.23. The second kappa shape index (κ2) is 49.9. The lowest BCUT2D eigenvalue weighted by Gasteiger charge is -2.32. The van der Waals surface area contributed by atoms with E-state index in [-0.39, 0.29) is 176 Å². The van der Waals surface area contributed by atoms with Crippen LogP contribution >= 0.6 is 12.6 Å². The van der Waals surface area contributed by atoms with Gasteiger partial charge in [0.15, 0.2) is 23.5 Å². The van der Waals surface area contributed by atoms with Crippen LogP contribution in [0.2, 0.25) is 0 Å². The van der Waals surface area contributed by atoms with E-state index in [9.17, 15) is 72.2 Å². The number of aliphatic hydroxyl groups excluding tert-OH is 1. The van der Waals surface area contributed by atoms with Crippen LogP contribution in [0.1, 0.15) is 190 Å². The number of hydrogen-bond donors (Lipinski definition) is 18. The van der Waals surface area contributed by atoms with Gasteiger partial charge in [-0.25, -0.2) is 0 Å². The van der Waals surface area contributed by atoms with Gasteiger partial charge < -0.3 is 101 Å². The van der Waals surface area contributed by atoms with E-state index >= 15 is 0 Å². The van der Waals surface area contributed by atoms with Gasteiger partial charge >= 0.3 is 0 Å². The molecule has 6 fully saturated rings. The van der Waals surface area contributed by atoms with E-state index < -0.39 is 149 Å². The number of para-hydroxylation sites is 2. The molecular formula is C96H132N20O15S. The number of nitrogens with one attached hydrogen (secondary N) is 12. The number of guanidine groups is 2. The molecule has 12 amide bonds. The molecule has 0 unspecified atom stereocenters. The van der Waals surface area contributed by atoms with Crippen molar-refractivity contribution in [3.63, 3.8) is 0 Å². The predicted molar refractivity (Wildman–Crippen MR) is 503 cm³/mol. The van der Waals surface area contributed by atoms with Crippen LogP contribution in [0.25, 0.3) is 21.8 Å². The maximum atomic E-state index is 14.7. The normalized spacial score (nSPS) is 24.5. The Kier molecular flexibility index (Phi) is 37.9. The number of aliphatic imine (C=N–C) groups is 2. The van der Waals surface area contributed by atoms with Crippen LogP contribution in [-0.2, 0) is 92.8 Å². The number of aromatic amines is 2. The molecule has 12 rings (SSSR count). The number of H-pyrrole nitrogens is 2. The minimum absolute atomic E-state index is 0.0113. The van der Waals surface area contributed by atoms with Crippen molar-refractivity contribution in [2.75, 3.05) is 39.3 Å². The van der Waals surface area contributed by atoms with Gasteiger partial charge in [-0.15, -0.1) is 0 Å². The fourth-order valence-corrected chi connectivity index (χ4v) is 19.5. The zero-order valence-corrected chi connectivity index (χ0v) is 76.4. The van der Waals surface area contributed by atoms with Crippen LogP contribution in [0.5, 0.6) is 0 Å². The highest BCUT2D eigenvalue weighted by atomic mass is 32.1. The van der Waals surface area contributed by atoms with Crippen molar-refractivity contribution >= 4 is 129 Å². The van der Waals surface area contributed by atoms with Crippen molar-refractivity contribution in [2.24, 2.45) is 56.6 Å². The number of hydrogen-bond acceptors (Lipinski definition) is 18. The van der Waals surface area contributed by atoms with Gasteiger partial charge in [-0.1, -0.05) is 161 Å². The molecule has 2 aliphatic carbocycles. The number of rotatable bonds is 26. The monoisotopic (exact) mass is 1840 g/mol. The molecule has 36 heteroatoms. The van der Waals surface area contributed by atoms with Gasteiger partial charge in [0.05, 0.1) is 18.2 Å². The summed E-state index contributed by atoms with van der Waals surface area (Å²) in [5.41, 5.74) is 27.1. The summed E-state index contributed by atoms with van der Waals surface area (Å²) in [7, 11) is 0. The third-order valence-corrected chi connectivity index (χ3v) is 26.3. The van der Waals surface area contributed by atoms with Crippen molar-refractivity contribution in [3.05, 3.63) is 144 Å². The number of fused-ring (bicyclic) bond motifs is 4. The van der Waals surface area contributed by atoms with Crippen LogP contribution in [0.4, 0.5) is 0 Å². The first kappa shape index (κ1) is 100. The lowest BCUT2D eigenvalue weighted by Crippen LogP contribution is -2.59. The smallest absolute Gasteiger partial charge is 0.245 e. The fraction of sp³-hybridized carbons (Fsp3) is 0.542. The van der Waals surface area contributed by atoms with E-state index in [1.807, 2.05) is 115 Å². The minimum Gasteiger partial charge on any atom is -0.391 e. The van der Waals surface area contributed by atoms with E-state index in [2.05, 4.69) is 73.1 Å². The molecule has 712 valence electrons. The first-order valence-corrected chi connectivity index (χ1v) is 47.3. The number of aromatic nitrogens is 2. The number of carbonyl (C=O) groups excluding carboxylic acids is 14. The lowest BCUT2D eigenvalue weighted by atomic mass is 9.84. The Morgan fingerprint density at radius 3 is 1.27 bits per heavy atom. The highest BCUT2D eigenvalue weighted by molar-refractivity contribution is 7.81. The second-order valence-electron chi connectivity index (χ2n) is 36.2. The Morgan fingerprint density at radius 1 is 0.470 bits per heavy atom. The molecule has 0 radical (unpaired) electrons. The average Bonchev–Trinajstić information content (AvgIpc) is 1.61. The molecule has 6 heterocycles. The lowest BCUT2D eigenvalue weighted by molar-refractivity contribution is -0.143. The summed E-state index contributed by atoms with van der Waals surface area (Å²) in [6.07, 6.45) is 14.7. The van der Waals surface area contributed by atoms with Crippen LogP contribution < -0.4 is 76.1 Å². The van der Waals surface area contributed by atoms with Gasteiger partial charge in [0.2, 0.25) is 70.9 Å². The summed E-state index contributed by atoms with van der Waals surface area (Å²) < 4.78 is 0. The second-order valence-corrected chi connectivity index (χ2v) is 36.9. The van der Waals surface area contributed by atoms with Gasteiger partial charge in [0, 0.05) is 149 Å². The Hall–Kier alpha value is -12.2. The van der Waals surface area contributed by atoms with E-state index in [0.29, 0.717) is 19.3 Å². The molecule has 6 aromatic rings. The summed E-state index contributed by atoms with van der Waals surface area (Å²) >= 11 is 4.71. The maximum Gasteiger partial charge on any atom is 0.245 e. The largest absolute Gasteiger partial charge is 0.391 e. The number of thiol groups is 1. The van der Waals surface area contributed by atoms with Crippen molar-refractivity contribution in [2.45, 2.75) is 265 Å². The molecule has 2 saturated carbocycles. The zero-order chi connectivity index (χ0) is 94.3. The van der Waals surface area contributed by atoms with Gasteiger partial charge in [0.25, 0.3) is 0 Å². The number of carbonyl (C=O) groups is 14. The van der Waals surface area contributed by atoms with Crippen molar-refractivity contribution in [1.82, 2.24) is 72.9 Å². The molecule has 0 spiro atoms. The Bertz CT molecular complexity index is 4720. The Labute approximate surface area is 775 Å². The van der Waals surface area contributed by atoms with Crippen molar-refractivity contribution in [1.29, 1.82) is 0 Å². The van der Waals surface area contributed by atoms with Gasteiger partial charge in [-0.2, -0.15) is 12.6 Å². The number of aliphatic hydroxyl groups is 1. The topological polar surface area (TPSA) is 546 Å². The number of nitrogens with zero attached hydrogens (tertiary/aromatic N) is 4. The van der Waals surface area contributed by atoms with Crippen molar-refractivity contribution in [3.8, 4) is 0 Å². The third-order valence-electron chi connectivity index (χ3n) is 26.0. The molecule has 4 aliphatic heterocycles. The Balaban J connectivity index is 0.000000255. The van der Waals surface area contributed by atoms with Crippen LogP contribution in [0.3, 0.4) is 0 Å². The number of ketones is 2. The predicted octanol–water partition coefficient (Wildman–Crippen LogP) is 3.70. The quantitative estimate of drug-likeness (QED) is 0.0159. The molecule has 132 heavy (non-hydrogen) atoms. The molecule has 4 aromatic carbocycles. The van der Waals surface area contributed by atoms with Crippen LogP contribution in [-0.4, -0.2) is 230 Å². The zero-order valence-electron chi connectivity index (χ0n) is 75.5. The first-order valence-electron chi connectivity index (χ1n) is 46.7. The molecule has 35 nitrogen and oxygen atoms in total. The molecule has 4 saturated heterocycles. The van der Waals surface area contributed by atoms with E-state index in [0.717, 1.165) is 108 Å². The summed E-state index contributed by atoms with van der Waals surface area (Å²) in [5.74, 6) is -8.72. The van der Waals surface area contributed by atoms with Gasteiger partial charge in [-0.05, 0) is 117 Å². The standard InChI is InChI=1S/C48H66N10O8.C48H66N10O7S/c1-29(59)54-39(22-30-12-4-2-5-13-30)44(63)55-37-19-11-20-51-43(62)32(16-10-21-52-48(49)50)25-42(61)38(24-33-27-53-36-18-9-8-17-35(33)36)56-45(64)40(23-31-14-6-3-7-15-31)57-46(65)41-26-34(60)28-58(41)47(37)66;1-29(59)54-39(22-30-12-4-2-5-13-30)44(62)55-37-19-11-20-51-43(61)32(16-10-21-52-48(49)50)25-42(60)38(24-33-27-53-36-18-9-8-17-35(33)36)56-45(63)40(23-31-14-6-3-7-15-31)57-46(64)41-26-34(66)28-58(41)47(37)65/h2,4-5,8-9,12-13,17-18,27,31-32,34,37-41,53,60H,3,6-7,10-11,14-16,19-26,28H2,1H3,(H,51,62)(H,54,59)(H,55,63)(H,56,64)(H,57,65)(H4,49,50,52);2,4-5,8-9,12-13,17-18,27,31-32,34,37-41,53,66H,3,6-7,10-11,14-16,19-26,28H2,1H3,(H,51,61)(H,54,59)(H,55,62)(H,56,63)(H,57,64)(H4,49,50,52)/t32-,34-,37+,38+,39+,40-,41+;32-,34+,37+,38+,39+,40-,41+/m11/s1. The number of Topliss-reactive ketones (excluding diaryl/α,β-unsaturated/α-hetero) is 2. The molecule has 6 aliphatic rings. The van der Waals surface area contributed by atoms with E-state index in [1.54, 1.807) is 6.20 Å². The molecule has 2 aromatic heterocycles. The SMILES string of the molecule is CC(=O)N[C@@H](Cc1ccccc1)C(=O)N[C@H]1CCCNC(=O)[C@H](CCCN=C(N)N)CC(=O)[C@H](Cc2c[nH]c3ccccc23)NC(=O)[C@@H](CC2CCCCC2)NC(=O)[C@@H]2C[C@@H](O)CN2C1=O.CC(=O)N[C@@H](Cc1ccccc1)C(=O)N[C@H]1CCCNC(=O)[C@H](CCCN=C(N)N)CC(=O)[C@H](Cc2c[nH]c3ccccc23)NC(=O)[C@@H](CC2CCCCC2)NC(=O)[C@@H]2C[C@H](S)CN2C1=O. The molecule has 21 N–H and O–H groups in total. The molecule has 14 atom stereocenters. The van der Waals surface area contributed by atoms with Gasteiger partial charge in [-0.3, -0.25) is 77.1 Å². The van der Waals surface area contributed by atoms with Crippen LogP contribution in [0.15, 0.2) is 132 Å². The summed E-state index contributed by atoms with van der Waals surface area (Å²) in [6.45, 7) is 3.09. The Morgan fingerprint density at radius 2 is 0.856 bits per heavy atom. The first-order chi connectivity index (χ1) is 63.5. The third kappa shape index (κ3) is 29.9. The maximum absolute atomic E-state index is 14.7. The summed E-state index contributed by atoms with van der Waals surface area (Å²) in [5, 5.41) is 41.3. The van der Waals surface area contributed by atoms with E-state index in [1.165, 1.54) is 23.6 Å². The summed E-state index contributed by atoms with van der Waals surface area (Å²) in [6, 6.07) is 22.6. The number of nitrogens with two attached hydrogens (primary N) is 4. The van der Waals surface area contributed by atoms with Crippen molar-refractivity contribution < 1.29 is 72.2 Å². The highest BCUT2D eigenvalue weighted by Gasteiger charge is 2.46. The highest BCUT2D eigenvalue weighted by Crippen LogP contribution is 2.33. The van der Waals surface area contributed by atoms with Crippen LogP contribution in [0, 0.1) is 23.7 Å². The number of amides is 12. The number of benzene rings is 4. The van der Waals surface area contributed by atoms with E-state index in [4.69, 9.17) is 35.6 Å². The fourth-order valence-electron chi connectivity index (χ4n) is 19.1. The molecule has 0 bridgehead atoms. The summed E-state index contributed by atoms with van der Waals surface area (Å²) in [4.78, 5) is 215. The molecular weight excluding hydrogens is 1710 g/mol.